The van der Waals surface area contributed by atoms with Gasteiger partial charge < -0.3 is 20.2 Å². The van der Waals surface area contributed by atoms with Gasteiger partial charge in [-0.15, -0.1) is 0 Å². The molecule has 8 nitrogen and oxygen atoms in total. The molecule has 3 heterocycles. The van der Waals surface area contributed by atoms with Crippen molar-refractivity contribution in [1.82, 2.24) is 19.9 Å². The second-order valence-corrected chi connectivity index (χ2v) is 6.93. The number of nitrogens with zero attached hydrogens (tertiary/aromatic N) is 4. The number of aliphatic imine (C=N–C) groups is 1. The number of hydrogen-bond donors (Lipinski definition) is 2. The van der Waals surface area contributed by atoms with Crippen LogP contribution < -0.4 is 10.5 Å². The first-order valence-electron chi connectivity index (χ1n) is 9.60. The van der Waals surface area contributed by atoms with Gasteiger partial charge in [0.1, 0.15) is 29.5 Å². The highest BCUT2D eigenvalue weighted by atomic mass is 16.5. The van der Waals surface area contributed by atoms with Gasteiger partial charge in [-0.2, -0.15) is 0 Å². The van der Waals surface area contributed by atoms with Crippen molar-refractivity contribution >= 4 is 23.0 Å². The van der Waals surface area contributed by atoms with E-state index in [1.54, 1.807) is 13.3 Å². The third kappa shape index (κ3) is 3.97. The van der Waals surface area contributed by atoms with E-state index in [1.165, 1.54) is 12.5 Å². The average Bonchev–Trinajstić information content (AvgIpc) is 3.18. The van der Waals surface area contributed by atoms with E-state index in [0.717, 1.165) is 54.1 Å². The minimum Gasteiger partial charge on any atom is -0.490 e. The lowest BCUT2D eigenvalue weighted by molar-refractivity contribution is 0.0253. The summed E-state index contributed by atoms with van der Waals surface area (Å²) in [5, 5.41) is 0. The van der Waals surface area contributed by atoms with E-state index in [4.69, 9.17) is 15.2 Å². The number of H-pyrrole nitrogens is 1. The fraction of sp³-hybridized carbons (Fsp3) is 0.333. The zero-order valence-electron chi connectivity index (χ0n) is 16.6. The number of ether oxygens (including phenoxy) is 2. The molecule has 1 aliphatic rings. The van der Waals surface area contributed by atoms with Crippen molar-refractivity contribution in [2.24, 2.45) is 10.7 Å². The zero-order chi connectivity index (χ0) is 20.2. The van der Waals surface area contributed by atoms with E-state index < -0.39 is 0 Å². The van der Waals surface area contributed by atoms with Crippen LogP contribution >= 0.6 is 0 Å². The van der Waals surface area contributed by atoms with Crippen LogP contribution in [-0.4, -0.2) is 52.5 Å². The van der Waals surface area contributed by atoms with Crippen molar-refractivity contribution < 1.29 is 9.47 Å². The maximum absolute atomic E-state index is 6.17. The van der Waals surface area contributed by atoms with Crippen LogP contribution in [0.4, 0.5) is 0 Å². The van der Waals surface area contributed by atoms with Gasteiger partial charge in [0.05, 0.1) is 24.5 Å². The van der Waals surface area contributed by atoms with Gasteiger partial charge in [0, 0.05) is 37.9 Å². The number of nitrogens with one attached hydrogen (secondary N) is 1. The van der Waals surface area contributed by atoms with Crippen molar-refractivity contribution in [2.75, 3.05) is 20.3 Å². The van der Waals surface area contributed by atoms with Crippen molar-refractivity contribution in [3.05, 3.63) is 42.1 Å². The third-order valence-electron chi connectivity index (χ3n) is 4.92. The molecular formula is C21H24N6O2. The van der Waals surface area contributed by atoms with Gasteiger partial charge in [-0.3, -0.25) is 4.99 Å². The van der Waals surface area contributed by atoms with Gasteiger partial charge in [0.15, 0.2) is 5.65 Å². The molecule has 0 aliphatic carbocycles. The molecular weight excluding hydrogens is 368 g/mol. The molecule has 2 aromatic heterocycles. The Morgan fingerprint density at radius 2 is 2.14 bits per heavy atom. The molecule has 0 saturated carbocycles. The van der Waals surface area contributed by atoms with Gasteiger partial charge in [0.2, 0.25) is 0 Å². The van der Waals surface area contributed by atoms with Crippen LogP contribution in [0.25, 0.3) is 28.0 Å². The van der Waals surface area contributed by atoms with E-state index in [0.29, 0.717) is 17.0 Å². The highest BCUT2D eigenvalue weighted by molar-refractivity contribution is 6.09. The summed E-state index contributed by atoms with van der Waals surface area (Å²) in [6.07, 6.45) is 6.67. The summed E-state index contributed by atoms with van der Waals surface area (Å²) in [6.45, 7) is 3.55. The van der Waals surface area contributed by atoms with E-state index in [9.17, 15) is 0 Å². The lowest BCUT2D eigenvalue weighted by Crippen LogP contribution is -2.26. The largest absolute Gasteiger partial charge is 0.490 e. The molecule has 1 saturated heterocycles. The molecule has 1 aliphatic heterocycles. The van der Waals surface area contributed by atoms with Crippen LogP contribution in [0.2, 0.25) is 0 Å². The summed E-state index contributed by atoms with van der Waals surface area (Å²) in [4.78, 5) is 20.6. The number of aromatic nitrogens is 4. The number of fused-ring (bicyclic) bond motifs is 1. The first-order valence-corrected chi connectivity index (χ1v) is 9.60. The zero-order valence-corrected chi connectivity index (χ0v) is 16.6. The smallest absolute Gasteiger partial charge is 0.181 e. The lowest BCUT2D eigenvalue weighted by atomic mass is 10.1. The minimum atomic E-state index is 0.205. The lowest BCUT2D eigenvalue weighted by Gasteiger charge is -2.24. The van der Waals surface area contributed by atoms with E-state index in [-0.39, 0.29) is 6.10 Å². The van der Waals surface area contributed by atoms with Crippen molar-refractivity contribution in [3.63, 3.8) is 0 Å². The molecule has 29 heavy (non-hydrogen) atoms. The number of aryl methyl sites for hydroxylation is 1. The highest BCUT2D eigenvalue weighted by Gasteiger charge is 2.18. The van der Waals surface area contributed by atoms with Gasteiger partial charge in [0.25, 0.3) is 0 Å². The fourth-order valence-corrected chi connectivity index (χ4v) is 3.41. The Morgan fingerprint density at radius 1 is 1.31 bits per heavy atom. The molecule has 1 aromatic carbocycles. The quantitative estimate of drug-likeness (QED) is 0.646. The van der Waals surface area contributed by atoms with Crippen LogP contribution in [0.3, 0.4) is 0 Å². The molecule has 3 N–H and O–H groups in total. The third-order valence-corrected chi connectivity index (χ3v) is 4.92. The summed E-state index contributed by atoms with van der Waals surface area (Å²) < 4.78 is 11.6. The molecule has 150 valence electrons. The number of imidazole rings is 1. The molecule has 1 fully saturated rings. The van der Waals surface area contributed by atoms with Crippen LogP contribution in [0.1, 0.15) is 24.2 Å². The summed E-state index contributed by atoms with van der Waals surface area (Å²) in [6, 6.07) is 6.08. The normalized spacial score (nSPS) is 16.0. The Morgan fingerprint density at radius 3 is 2.86 bits per heavy atom. The van der Waals surface area contributed by atoms with E-state index >= 15 is 0 Å². The van der Waals surface area contributed by atoms with Gasteiger partial charge in [-0.1, -0.05) is 0 Å². The number of hydrogen-bond acceptors (Lipinski definition) is 7. The molecule has 0 radical (unpaired) electrons. The van der Waals surface area contributed by atoms with Crippen molar-refractivity contribution in [3.8, 4) is 17.0 Å². The Hall–Kier alpha value is -3.26. The van der Waals surface area contributed by atoms with E-state index in [2.05, 4.69) is 31.0 Å². The number of nitrogens with two attached hydrogens (primary N) is 1. The van der Waals surface area contributed by atoms with Crippen LogP contribution in [0.5, 0.6) is 5.75 Å². The number of rotatable bonds is 5. The topological polar surface area (TPSA) is 111 Å². The molecule has 0 atom stereocenters. The summed E-state index contributed by atoms with van der Waals surface area (Å²) in [5.41, 5.74) is 10.5. The fourth-order valence-electron chi connectivity index (χ4n) is 3.41. The maximum atomic E-state index is 6.17. The maximum Gasteiger partial charge on any atom is 0.181 e. The highest BCUT2D eigenvalue weighted by Crippen LogP contribution is 2.30. The molecule has 4 rings (SSSR count). The average molecular weight is 392 g/mol. The number of allylic oxidation sites excluding steroid dienone is 1. The predicted octanol–water partition coefficient (Wildman–Crippen LogP) is 2.89. The molecule has 0 amide bonds. The Bertz CT molecular complexity index is 1070. The van der Waals surface area contributed by atoms with Crippen molar-refractivity contribution in [1.29, 1.82) is 0 Å². The number of benzene rings is 1. The van der Waals surface area contributed by atoms with Gasteiger partial charge in [-0.05, 0) is 30.7 Å². The van der Waals surface area contributed by atoms with Gasteiger partial charge in [-0.25, -0.2) is 15.0 Å². The first kappa shape index (κ1) is 19.1. The van der Waals surface area contributed by atoms with E-state index in [1.807, 2.05) is 19.1 Å². The summed E-state index contributed by atoms with van der Waals surface area (Å²) in [7, 11) is 1.68. The first-order chi connectivity index (χ1) is 14.2. The second-order valence-electron chi connectivity index (χ2n) is 6.93. The molecule has 0 unspecified atom stereocenters. The Balaban J connectivity index is 1.67. The van der Waals surface area contributed by atoms with Crippen LogP contribution in [-0.2, 0) is 4.74 Å². The SMILES string of the molecule is CN=CC(=CN)c1nc2ncnc(-c3ccc(OC4CCOCC4)c(C)c3)c2[nH]1. The number of aromatic amines is 1. The van der Waals surface area contributed by atoms with Gasteiger partial charge >= 0.3 is 0 Å². The second kappa shape index (κ2) is 8.40. The molecule has 8 heteroatoms. The molecule has 3 aromatic rings. The summed E-state index contributed by atoms with van der Waals surface area (Å²) in [5.74, 6) is 1.50. The standard InChI is InChI=1S/C21H24N6O2/c1-13-9-14(3-4-17(13)29-16-5-7-28-8-6-16)18-19-21(25-12-24-18)27-20(26-19)15(10-22)11-23-2/h3-4,9-12,16H,5-8,22H2,1-2H3,(H,24,25,26,27). The summed E-state index contributed by atoms with van der Waals surface area (Å²) >= 11 is 0. The molecule has 0 spiro atoms. The minimum absolute atomic E-state index is 0.205. The van der Waals surface area contributed by atoms with Crippen molar-refractivity contribution in [2.45, 2.75) is 25.9 Å². The van der Waals surface area contributed by atoms with Crippen LogP contribution in [0.15, 0.2) is 35.7 Å². The Labute approximate surface area is 168 Å². The monoisotopic (exact) mass is 392 g/mol. The predicted molar refractivity (Wildman–Crippen MR) is 113 cm³/mol. The molecule has 0 bridgehead atoms. The van der Waals surface area contributed by atoms with Crippen LogP contribution in [0, 0.1) is 6.92 Å². The Kier molecular flexibility index (Phi) is 5.53.